The highest BCUT2D eigenvalue weighted by molar-refractivity contribution is 9.11. The second kappa shape index (κ2) is 6.80. The second-order valence-corrected chi connectivity index (χ2v) is 8.79. The van der Waals surface area contributed by atoms with Crippen LogP contribution in [-0.2, 0) is 4.74 Å². The summed E-state index contributed by atoms with van der Waals surface area (Å²) in [5.41, 5.74) is 0.531. The SMILES string of the molecule is O=c1[nH]c2cc(Br)sc2c(=O)n1-c1cncc2ccc(N3CCOCC3)nc12. The van der Waals surface area contributed by atoms with E-state index < -0.39 is 5.69 Å². The summed E-state index contributed by atoms with van der Waals surface area (Å²) in [6.45, 7) is 2.78. The monoisotopic (exact) mass is 459 g/mol. The van der Waals surface area contributed by atoms with Gasteiger partial charge in [-0.3, -0.25) is 9.78 Å². The third-order valence-electron chi connectivity index (χ3n) is 4.68. The Morgan fingerprint density at radius 1 is 1.18 bits per heavy atom. The summed E-state index contributed by atoms with van der Waals surface area (Å²) in [4.78, 5) is 39.6. The van der Waals surface area contributed by atoms with E-state index in [-0.39, 0.29) is 5.56 Å². The number of thiophene rings is 1. The number of aromatic amines is 1. The lowest BCUT2D eigenvalue weighted by Crippen LogP contribution is -2.37. The molecule has 10 heteroatoms. The van der Waals surface area contributed by atoms with Crippen LogP contribution in [0.3, 0.4) is 0 Å². The fourth-order valence-electron chi connectivity index (χ4n) is 3.35. The van der Waals surface area contributed by atoms with Crippen LogP contribution >= 0.6 is 27.3 Å². The van der Waals surface area contributed by atoms with Gasteiger partial charge in [0.1, 0.15) is 16.0 Å². The Kier molecular flexibility index (Phi) is 4.26. The number of morpholine rings is 1. The second-order valence-electron chi connectivity index (χ2n) is 6.36. The van der Waals surface area contributed by atoms with Gasteiger partial charge < -0.3 is 14.6 Å². The van der Waals surface area contributed by atoms with Gasteiger partial charge in [0.2, 0.25) is 0 Å². The topological polar surface area (TPSA) is 93.1 Å². The average Bonchev–Trinajstić information content (AvgIpc) is 3.09. The fraction of sp³-hybridized carbons (Fsp3) is 0.222. The number of aromatic nitrogens is 4. The number of halogens is 1. The van der Waals surface area contributed by atoms with Crippen molar-refractivity contribution < 1.29 is 4.74 Å². The van der Waals surface area contributed by atoms with Crippen molar-refractivity contribution >= 4 is 54.2 Å². The third-order valence-corrected chi connectivity index (χ3v) is 6.31. The van der Waals surface area contributed by atoms with Crippen molar-refractivity contribution in [2.75, 3.05) is 31.2 Å². The van der Waals surface area contributed by atoms with E-state index in [0.717, 1.165) is 32.6 Å². The molecule has 0 spiro atoms. The lowest BCUT2D eigenvalue weighted by molar-refractivity contribution is 0.122. The molecule has 1 aliphatic rings. The predicted molar refractivity (Wildman–Crippen MR) is 112 cm³/mol. The molecule has 4 aromatic heterocycles. The normalized spacial score (nSPS) is 14.8. The number of pyridine rings is 2. The van der Waals surface area contributed by atoms with Crippen LogP contribution in [0.1, 0.15) is 0 Å². The minimum Gasteiger partial charge on any atom is -0.378 e. The molecule has 5 heterocycles. The number of nitrogens with one attached hydrogen (secondary N) is 1. The summed E-state index contributed by atoms with van der Waals surface area (Å²) in [7, 11) is 0. The summed E-state index contributed by atoms with van der Waals surface area (Å²) in [6, 6.07) is 5.55. The first kappa shape index (κ1) is 17.5. The summed E-state index contributed by atoms with van der Waals surface area (Å²) in [5.74, 6) is 0.785. The Morgan fingerprint density at radius 3 is 2.82 bits per heavy atom. The van der Waals surface area contributed by atoms with E-state index in [1.807, 2.05) is 12.1 Å². The van der Waals surface area contributed by atoms with Crippen molar-refractivity contribution in [2.24, 2.45) is 0 Å². The van der Waals surface area contributed by atoms with Gasteiger partial charge in [0.25, 0.3) is 5.56 Å². The molecule has 142 valence electrons. The van der Waals surface area contributed by atoms with E-state index in [9.17, 15) is 9.59 Å². The highest BCUT2D eigenvalue weighted by Crippen LogP contribution is 2.26. The van der Waals surface area contributed by atoms with Crippen molar-refractivity contribution in [1.82, 2.24) is 19.5 Å². The van der Waals surface area contributed by atoms with Gasteiger partial charge in [-0.2, -0.15) is 0 Å². The smallest absolute Gasteiger partial charge is 0.333 e. The van der Waals surface area contributed by atoms with E-state index >= 15 is 0 Å². The van der Waals surface area contributed by atoms with Gasteiger partial charge in [0, 0.05) is 24.7 Å². The van der Waals surface area contributed by atoms with Gasteiger partial charge >= 0.3 is 5.69 Å². The van der Waals surface area contributed by atoms with E-state index in [1.54, 1.807) is 12.3 Å². The Balaban J connectivity index is 1.76. The van der Waals surface area contributed by atoms with Crippen molar-refractivity contribution in [3.05, 3.63) is 55.2 Å². The molecule has 1 N–H and O–H groups in total. The minimum absolute atomic E-state index is 0.366. The Hall–Kier alpha value is -2.56. The molecule has 0 aromatic carbocycles. The molecule has 28 heavy (non-hydrogen) atoms. The average molecular weight is 460 g/mol. The Morgan fingerprint density at radius 2 is 2.00 bits per heavy atom. The van der Waals surface area contributed by atoms with E-state index in [1.165, 1.54) is 17.5 Å². The molecule has 0 saturated carbocycles. The van der Waals surface area contributed by atoms with Gasteiger partial charge in [-0.05, 0) is 34.1 Å². The van der Waals surface area contributed by atoms with Crippen molar-refractivity contribution in [3.63, 3.8) is 0 Å². The lowest BCUT2D eigenvalue weighted by atomic mass is 10.2. The first-order chi connectivity index (χ1) is 13.6. The molecule has 0 bridgehead atoms. The van der Waals surface area contributed by atoms with Crippen LogP contribution < -0.4 is 16.1 Å². The molecule has 0 aliphatic carbocycles. The summed E-state index contributed by atoms with van der Waals surface area (Å²) < 4.78 is 7.75. The highest BCUT2D eigenvalue weighted by atomic mass is 79.9. The maximum absolute atomic E-state index is 13.0. The van der Waals surface area contributed by atoms with Crippen LogP contribution in [0.5, 0.6) is 0 Å². The lowest BCUT2D eigenvalue weighted by Gasteiger charge is -2.28. The summed E-state index contributed by atoms with van der Waals surface area (Å²) in [6.07, 6.45) is 3.18. The number of hydrogen-bond acceptors (Lipinski definition) is 7. The molecule has 0 radical (unpaired) electrons. The van der Waals surface area contributed by atoms with Crippen LogP contribution in [0, 0.1) is 0 Å². The molecular formula is C18H14BrN5O3S. The van der Waals surface area contributed by atoms with Gasteiger partial charge in [0.05, 0.1) is 34.4 Å². The van der Waals surface area contributed by atoms with Crippen molar-refractivity contribution in [1.29, 1.82) is 0 Å². The fourth-order valence-corrected chi connectivity index (χ4v) is 4.83. The molecule has 0 atom stereocenters. The van der Waals surface area contributed by atoms with Gasteiger partial charge in [0.15, 0.2) is 0 Å². The first-order valence-electron chi connectivity index (χ1n) is 8.64. The van der Waals surface area contributed by atoms with Crippen LogP contribution in [0.15, 0.2) is 44.0 Å². The molecule has 5 rings (SSSR count). The molecule has 1 fully saturated rings. The standard InChI is InChI=1S/C18H14BrN5O3S/c19-13-7-11-16(28-13)17(25)24(18(26)21-11)12-9-20-8-10-1-2-14(22-15(10)12)23-3-5-27-6-4-23/h1-2,7-9H,3-6H2,(H,21,26). The van der Waals surface area contributed by atoms with Crippen LogP contribution in [0.2, 0.25) is 0 Å². The number of rotatable bonds is 2. The predicted octanol–water partition coefficient (Wildman–Crippen LogP) is 2.28. The minimum atomic E-state index is -0.518. The number of nitrogens with zero attached hydrogens (tertiary/aromatic N) is 4. The molecule has 8 nitrogen and oxygen atoms in total. The van der Waals surface area contributed by atoms with Crippen LogP contribution in [0.4, 0.5) is 5.82 Å². The van der Waals surface area contributed by atoms with Gasteiger partial charge in [-0.25, -0.2) is 14.3 Å². The van der Waals surface area contributed by atoms with Crippen molar-refractivity contribution in [2.45, 2.75) is 0 Å². The molecule has 0 amide bonds. The van der Waals surface area contributed by atoms with E-state index in [4.69, 9.17) is 9.72 Å². The summed E-state index contributed by atoms with van der Waals surface area (Å²) in [5, 5.41) is 0.758. The maximum atomic E-state index is 13.0. The van der Waals surface area contributed by atoms with Crippen LogP contribution in [-0.4, -0.2) is 45.8 Å². The van der Waals surface area contributed by atoms with E-state index in [2.05, 4.69) is 30.8 Å². The van der Waals surface area contributed by atoms with Gasteiger partial charge in [-0.15, -0.1) is 11.3 Å². The zero-order valence-corrected chi connectivity index (χ0v) is 16.9. The number of hydrogen-bond donors (Lipinski definition) is 1. The zero-order valence-electron chi connectivity index (χ0n) is 14.5. The number of H-pyrrole nitrogens is 1. The number of ether oxygens (including phenoxy) is 1. The molecular weight excluding hydrogens is 446 g/mol. The Bertz CT molecular complexity index is 1320. The zero-order chi connectivity index (χ0) is 19.3. The maximum Gasteiger partial charge on any atom is 0.333 e. The third kappa shape index (κ3) is 2.84. The number of fused-ring (bicyclic) bond motifs is 2. The largest absolute Gasteiger partial charge is 0.378 e. The van der Waals surface area contributed by atoms with E-state index in [0.29, 0.717) is 34.6 Å². The quantitative estimate of drug-likeness (QED) is 0.494. The van der Waals surface area contributed by atoms with Gasteiger partial charge in [-0.1, -0.05) is 0 Å². The highest BCUT2D eigenvalue weighted by Gasteiger charge is 2.17. The Labute approximate surface area is 170 Å². The summed E-state index contributed by atoms with van der Waals surface area (Å²) >= 11 is 4.64. The molecule has 0 unspecified atom stereocenters. The first-order valence-corrected chi connectivity index (χ1v) is 10.2. The molecule has 1 aliphatic heterocycles. The molecule has 1 saturated heterocycles. The van der Waals surface area contributed by atoms with Crippen LogP contribution in [0.25, 0.3) is 26.8 Å². The van der Waals surface area contributed by atoms with Crippen molar-refractivity contribution in [3.8, 4) is 5.69 Å². The molecule has 4 aromatic rings. The number of anilines is 1.